The second-order valence-corrected chi connectivity index (χ2v) is 8.27. The van der Waals surface area contributed by atoms with Crippen molar-refractivity contribution in [2.24, 2.45) is 0 Å². The van der Waals surface area contributed by atoms with Crippen LogP contribution in [-0.2, 0) is 13.0 Å². The van der Waals surface area contributed by atoms with Crippen LogP contribution < -0.4 is 10.2 Å². The Morgan fingerprint density at radius 3 is 2.28 bits per heavy atom. The smallest absolute Gasteiger partial charge is 0.252 e. The van der Waals surface area contributed by atoms with Gasteiger partial charge in [-0.3, -0.25) is 4.79 Å². The molecule has 164 valence electrons. The van der Waals surface area contributed by atoms with Crippen LogP contribution in [0, 0.1) is 13.8 Å². The lowest BCUT2D eigenvalue weighted by atomic mass is 10.1. The summed E-state index contributed by atoms with van der Waals surface area (Å²) in [6.45, 7) is 6.42. The SMILES string of the molecule is CCc1ccc(-n2nc(C)c3c(C(=O)NCc4ccc(N(C)C)cc4)cc(C)nc32)cc1. The summed E-state index contributed by atoms with van der Waals surface area (Å²) in [4.78, 5) is 19.9. The first kappa shape index (κ1) is 21.6. The van der Waals surface area contributed by atoms with E-state index in [-0.39, 0.29) is 5.91 Å². The number of carbonyl (C=O) groups excluding carboxylic acids is 1. The van der Waals surface area contributed by atoms with Crippen molar-refractivity contribution in [3.63, 3.8) is 0 Å². The molecule has 6 heteroatoms. The number of nitrogens with one attached hydrogen (secondary N) is 1. The predicted octanol–water partition coefficient (Wildman–Crippen LogP) is 4.60. The molecule has 4 rings (SSSR count). The molecule has 2 heterocycles. The highest BCUT2D eigenvalue weighted by atomic mass is 16.1. The van der Waals surface area contributed by atoms with Crippen LogP contribution >= 0.6 is 0 Å². The molecule has 1 amide bonds. The number of anilines is 1. The zero-order valence-electron chi connectivity index (χ0n) is 19.3. The van der Waals surface area contributed by atoms with Crippen molar-refractivity contribution < 1.29 is 4.79 Å². The van der Waals surface area contributed by atoms with Crippen molar-refractivity contribution in [1.29, 1.82) is 0 Å². The number of aryl methyl sites for hydroxylation is 3. The molecule has 32 heavy (non-hydrogen) atoms. The average molecular weight is 428 g/mol. The lowest BCUT2D eigenvalue weighted by Gasteiger charge is -2.13. The highest BCUT2D eigenvalue weighted by Crippen LogP contribution is 2.25. The zero-order chi connectivity index (χ0) is 22.8. The fraction of sp³-hybridized carbons (Fsp3) is 0.269. The van der Waals surface area contributed by atoms with E-state index >= 15 is 0 Å². The molecule has 6 nitrogen and oxygen atoms in total. The van der Waals surface area contributed by atoms with E-state index in [4.69, 9.17) is 10.1 Å². The third-order valence-corrected chi connectivity index (χ3v) is 5.68. The van der Waals surface area contributed by atoms with Crippen LogP contribution in [0.1, 0.15) is 39.8 Å². The maximum absolute atomic E-state index is 13.2. The number of carbonyl (C=O) groups is 1. The summed E-state index contributed by atoms with van der Waals surface area (Å²) in [5.74, 6) is -0.124. The van der Waals surface area contributed by atoms with E-state index in [0.717, 1.165) is 40.1 Å². The van der Waals surface area contributed by atoms with Crippen LogP contribution in [0.5, 0.6) is 0 Å². The largest absolute Gasteiger partial charge is 0.378 e. The van der Waals surface area contributed by atoms with E-state index in [0.29, 0.717) is 17.8 Å². The first-order chi connectivity index (χ1) is 15.4. The maximum atomic E-state index is 13.2. The van der Waals surface area contributed by atoms with Gasteiger partial charge in [0.1, 0.15) is 0 Å². The number of aromatic nitrogens is 3. The van der Waals surface area contributed by atoms with Crippen molar-refractivity contribution in [3.8, 4) is 5.69 Å². The fourth-order valence-electron chi connectivity index (χ4n) is 3.84. The monoisotopic (exact) mass is 427 g/mol. The molecule has 0 unspecified atom stereocenters. The maximum Gasteiger partial charge on any atom is 0.252 e. The van der Waals surface area contributed by atoms with Gasteiger partial charge in [-0.15, -0.1) is 0 Å². The number of nitrogens with zero attached hydrogens (tertiary/aromatic N) is 4. The molecule has 0 atom stereocenters. The normalized spacial score (nSPS) is 11.0. The molecule has 0 bridgehead atoms. The summed E-state index contributed by atoms with van der Waals surface area (Å²) in [6.07, 6.45) is 0.985. The van der Waals surface area contributed by atoms with Crippen LogP contribution in [-0.4, -0.2) is 34.8 Å². The van der Waals surface area contributed by atoms with Gasteiger partial charge in [-0.25, -0.2) is 9.67 Å². The van der Waals surface area contributed by atoms with Crippen LogP contribution in [0.15, 0.2) is 54.6 Å². The van der Waals surface area contributed by atoms with Crippen LogP contribution in [0.2, 0.25) is 0 Å². The molecule has 0 saturated heterocycles. The van der Waals surface area contributed by atoms with Gasteiger partial charge in [0.05, 0.1) is 22.3 Å². The van der Waals surface area contributed by atoms with Gasteiger partial charge in [-0.1, -0.05) is 31.2 Å². The highest BCUT2D eigenvalue weighted by Gasteiger charge is 2.19. The van der Waals surface area contributed by atoms with Gasteiger partial charge in [0, 0.05) is 32.0 Å². The molecule has 2 aromatic heterocycles. The van der Waals surface area contributed by atoms with Gasteiger partial charge < -0.3 is 10.2 Å². The Morgan fingerprint density at radius 1 is 1.00 bits per heavy atom. The first-order valence-corrected chi connectivity index (χ1v) is 10.9. The number of hydrogen-bond acceptors (Lipinski definition) is 4. The molecule has 0 fully saturated rings. The third-order valence-electron chi connectivity index (χ3n) is 5.68. The number of pyridine rings is 1. The number of benzene rings is 2. The molecule has 0 aliphatic rings. The molecular weight excluding hydrogens is 398 g/mol. The topological polar surface area (TPSA) is 63.1 Å². The minimum absolute atomic E-state index is 0.124. The van der Waals surface area contributed by atoms with Gasteiger partial charge in [0.15, 0.2) is 5.65 Å². The van der Waals surface area contributed by atoms with Gasteiger partial charge in [0.2, 0.25) is 0 Å². The molecule has 1 N–H and O–H groups in total. The molecule has 4 aromatic rings. The molecular formula is C26H29N5O. The Hall–Kier alpha value is -3.67. The highest BCUT2D eigenvalue weighted by molar-refractivity contribution is 6.06. The summed E-state index contributed by atoms with van der Waals surface area (Å²) < 4.78 is 1.83. The Labute approximate surface area is 188 Å². The van der Waals surface area contributed by atoms with E-state index < -0.39 is 0 Å². The summed E-state index contributed by atoms with van der Waals surface area (Å²) >= 11 is 0. The van der Waals surface area contributed by atoms with Crippen LogP contribution in [0.25, 0.3) is 16.7 Å². The Morgan fingerprint density at radius 2 is 1.66 bits per heavy atom. The standard InChI is InChI=1S/C26H29N5O/c1-6-19-7-13-22(14-8-19)31-25-24(18(3)29-31)23(15-17(2)28-25)26(32)27-16-20-9-11-21(12-10-20)30(4)5/h7-15H,6,16H2,1-5H3,(H,27,32). The summed E-state index contributed by atoms with van der Waals surface area (Å²) in [6, 6.07) is 18.3. The zero-order valence-corrected chi connectivity index (χ0v) is 19.3. The Kier molecular flexibility index (Phi) is 5.95. The van der Waals surface area contributed by atoms with Crippen molar-refractivity contribution in [1.82, 2.24) is 20.1 Å². The Balaban J connectivity index is 1.65. The Bertz CT molecular complexity index is 1250. The molecule has 0 saturated carbocycles. The number of fused-ring (bicyclic) bond motifs is 1. The van der Waals surface area contributed by atoms with Gasteiger partial charge in [-0.2, -0.15) is 5.10 Å². The van der Waals surface area contributed by atoms with E-state index in [1.165, 1.54) is 5.56 Å². The minimum atomic E-state index is -0.124. The third kappa shape index (κ3) is 4.21. The summed E-state index contributed by atoms with van der Waals surface area (Å²) in [5, 5.41) is 8.56. The van der Waals surface area contributed by atoms with Crippen molar-refractivity contribution in [2.75, 3.05) is 19.0 Å². The molecule has 0 aliphatic carbocycles. The molecule has 2 aromatic carbocycles. The fourth-order valence-corrected chi connectivity index (χ4v) is 3.84. The van der Waals surface area contributed by atoms with Gasteiger partial charge in [-0.05, 0) is 61.7 Å². The van der Waals surface area contributed by atoms with Gasteiger partial charge in [0.25, 0.3) is 5.91 Å². The van der Waals surface area contributed by atoms with Gasteiger partial charge >= 0.3 is 0 Å². The number of amides is 1. The quantitative estimate of drug-likeness (QED) is 0.489. The van der Waals surface area contributed by atoms with E-state index in [9.17, 15) is 4.79 Å². The number of hydrogen-bond donors (Lipinski definition) is 1. The second kappa shape index (κ2) is 8.83. The lowest BCUT2D eigenvalue weighted by molar-refractivity contribution is 0.0952. The molecule has 0 spiro atoms. The molecule has 0 radical (unpaired) electrons. The number of rotatable bonds is 6. The summed E-state index contributed by atoms with van der Waals surface area (Å²) in [5.41, 5.74) is 7.25. The van der Waals surface area contributed by atoms with Crippen molar-refractivity contribution in [2.45, 2.75) is 33.7 Å². The van der Waals surface area contributed by atoms with E-state index in [1.807, 2.05) is 75.1 Å². The minimum Gasteiger partial charge on any atom is -0.378 e. The van der Waals surface area contributed by atoms with E-state index in [1.54, 1.807) is 0 Å². The average Bonchev–Trinajstić information content (AvgIpc) is 3.13. The predicted molar refractivity (Wildman–Crippen MR) is 130 cm³/mol. The second-order valence-electron chi connectivity index (χ2n) is 8.27. The van der Waals surface area contributed by atoms with Crippen molar-refractivity contribution in [3.05, 3.63) is 82.7 Å². The van der Waals surface area contributed by atoms with Crippen molar-refractivity contribution >= 4 is 22.6 Å². The van der Waals surface area contributed by atoms with Crippen LogP contribution in [0.3, 0.4) is 0 Å². The van der Waals surface area contributed by atoms with Crippen LogP contribution in [0.4, 0.5) is 5.69 Å². The molecule has 0 aliphatic heterocycles. The lowest BCUT2D eigenvalue weighted by Crippen LogP contribution is -2.23. The first-order valence-electron chi connectivity index (χ1n) is 10.9. The van der Waals surface area contributed by atoms with E-state index in [2.05, 4.69) is 29.3 Å². The summed E-state index contributed by atoms with van der Waals surface area (Å²) in [7, 11) is 4.02.